The van der Waals surface area contributed by atoms with Crippen LogP contribution < -0.4 is 5.32 Å². The van der Waals surface area contributed by atoms with E-state index in [4.69, 9.17) is 0 Å². The number of rotatable bonds is 8. The summed E-state index contributed by atoms with van der Waals surface area (Å²) >= 11 is 0. The fraction of sp³-hybridized carbons (Fsp3) is 0.667. The molecular weight excluding hydrogens is 230 g/mol. The van der Waals surface area contributed by atoms with E-state index >= 15 is 0 Å². The Bertz CT molecular complexity index is 357. The van der Waals surface area contributed by atoms with E-state index in [1.807, 2.05) is 0 Å². The highest BCUT2D eigenvalue weighted by molar-refractivity contribution is 5.26. The van der Waals surface area contributed by atoms with Crippen LogP contribution in [0.4, 0.5) is 0 Å². The van der Waals surface area contributed by atoms with Gasteiger partial charge in [0, 0.05) is 0 Å². The first kappa shape index (κ1) is 14.6. The zero-order chi connectivity index (χ0) is 13.7. The molecule has 106 valence electrons. The predicted molar refractivity (Wildman–Crippen MR) is 83.4 cm³/mol. The summed E-state index contributed by atoms with van der Waals surface area (Å²) < 4.78 is 0. The van der Waals surface area contributed by atoms with Crippen LogP contribution >= 0.6 is 0 Å². The van der Waals surface area contributed by atoms with Gasteiger partial charge in [-0.05, 0) is 61.6 Å². The zero-order valence-electron chi connectivity index (χ0n) is 12.7. The molecule has 1 aromatic rings. The summed E-state index contributed by atoms with van der Waals surface area (Å²) in [5.74, 6) is 3.41. The van der Waals surface area contributed by atoms with Crippen molar-refractivity contribution in [3.05, 3.63) is 35.9 Å². The summed E-state index contributed by atoms with van der Waals surface area (Å²) in [6.07, 6.45) is 4.00. The molecule has 1 N–H and O–H groups in total. The molecule has 1 fully saturated rings. The van der Waals surface area contributed by atoms with E-state index in [9.17, 15) is 0 Å². The van der Waals surface area contributed by atoms with Crippen molar-refractivity contribution in [2.75, 3.05) is 13.1 Å². The normalized spacial score (nSPS) is 23.6. The summed E-state index contributed by atoms with van der Waals surface area (Å²) in [6, 6.07) is 11.1. The summed E-state index contributed by atoms with van der Waals surface area (Å²) in [6.45, 7) is 9.32. The fourth-order valence-corrected chi connectivity index (χ4v) is 3.30. The van der Waals surface area contributed by atoms with Crippen molar-refractivity contribution in [2.24, 2.45) is 17.8 Å². The van der Waals surface area contributed by atoms with Crippen LogP contribution in [-0.4, -0.2) is 13.1 Å². The Morgan fingerprint density at radius 2 is 1.95 bits per heavy atom. The molecule has 0 radical (unpaired) electrons. The topological polar surface area (TPSA) is 12.0 Å². The van der Waals surface area contributed by atoms with Gasteiger partial charge in [0.2, 0.25) is 0 Å². The third-order valence-corrected chi connectivity index (χ3v) is 4.28. The van der Waals surface area contributed by atoms with E-state index in [-0.39, 0.29) is 0 Å². The van der Waals surface area contributed by atoms with Crippen LogP contribution in [0.25, 0.3) is 0 Å². The third-order valence-electron chi connectivity index (χ3n) is 4.28. The molecule has 3 unspecified atom stereocenters. The Balaban J connectivity index is 1.89. The number of hydrogen-bond acceptors (Lipinski definition) is 1. The fourth-order valence-electron chi connectivity index (χ4n) is 3.30. The molecule has 0 aliphatic heterocycles. The van der Waals surface area contributed by atoms with E-state index in [1.165, 1.54) is 25.8 Å². The Morgan fingerprint density at radius 3 is 2.58 bits per heavy atom. The zero-order valence-corrected chi connectivity index (χ0v) is 12.7. The standard InChI is InChI=1S/C18H29N/c1-4-10-19-13-16(11-14(2)3)18-12-17(18)15-8-6-5-7-9-15/h5-9,14,16-19H,4,10-13H2,1-3H3. The highest BCUT2D eigenvalue weighted by Crippen LogP contribution is 2.53. The molecule has 1 nitrogen and oxygen atoms in total. The maximum absolute atomic E-state index is 3.63. The van der Waals surface area contributed by atoms with Gasteiger partial charge in [0.15, 0.2) is 0 Å². The largest absolute Gasteiger partial charge is 0.316 e. The molecule has 19 heavy (non-hydrogen) atoms. The number of nitrogens with one attached hydrogen (secondary N) is 1. The monoisotopic (exact) mass is 259 g/mol. The molecule has 2 rings (SSSR count). The van der Waals surface area contributed by atoms with Crippen molar-refractivity contribution in [3.8, 4) is 0 Å². The molecule has 1 aromatic carbocycles. The van der Waals surface area contributed by atoms with Gasteiger partial charge < -0.3 is 5.32 Å². The second kappa shape index (κ2) is 7.09. The van der Waals surface area contributed by atoms with Crippen LogP contribution in [0.1, 0.15) is 51.5 Å². The minimum absolute atomic E-state index is 0.811. The minimum atomic E-state index is 0.811. The SMILES string of the molecule is CCCNCC(CC(C)C)C1CC1c1ccccc1. The van der Waals surface area contributed by atoms with Gasteiger partial charge in [0.05, 0.1) is 0 Å². The first-order chi connectivity index (χ1) is 9.22. The van der Waals surface area contributed by atoms with Gasteiger partial charge in [0.25, 0.3) is 0 Å². The van der Waals surface area contributed by atoms with Crippen LogP contribution in [0.2, 0.25) is 0 Å². The van der Waals surface area contributed by atoms with Crippen LogP contribution in [0.5, 0.6) is 0 Å². The number of hydrogen-bond donors (Lipinski definition) is 1. The Morgan fingerprint density at radius 1 is 1.21 bits per heavy atom. The lowest BCUT2D eigenvalue weighted by Crippen LogP contribution is -2.26. The minimum Gasteiger partial charge on any atom is -0.316 e. The molecule has 1 saturated carbocycles. The van der Waals surface area contributed by atoms with E-state index in [2.05, 4.69) is 56.4 Å². The Kier molecular flexibility index (Phi) is 5.45. The highest BCUT2D eigenvalue weighted by Gasteiger charge is 2.43. The number of benzene rings is 1. The summed E-state index contributed by atoms with van der Waals surface area (Å²) in [4.78, 5) is 0. The molecule has 3 atom stereocenters. The van der Waals surface area contributed by atoms with Gasteiger partial charge in [-0.15, -0.1) is 0 Å². The van der Waals surface area contributed by atoms with Crippen molar-refractivity contribution in [3.63, 3.8) is 0 Å². The summed E-state index contributed by atoms with van der Waals surface area (Å²) in [5, 5.41) is 3.63. The van der Waals surface area contributed by atoms with Gasteiger partial charge in [0.1, 0.15) is 0 Å². The average Bonchev–Trinajstić information content (AvgIpc) is 3.19. The van der Waals surface area contributed by atoms with E-state index < -0.39 is 0 Å². The van der Waals surface area contributed by atoms with Crippen LogP contribution in [0.3, 0.4) is 0 Å². The molecule has 1 heteroatoms. The lowest BCUT2D eigenvalue weighted by molar-refractivity contribution is 0.345. The summed E-state index contributed by atoms with van der Waals surface area (Å²) in [5.41, 5.74) is 1.55. The lowest BCUT2D eigenvalue weighted by atomic mass is 9.90. The quantitative estimate of drug-likeness (QED) is 0.680. The van der Waals surface area contributed by atoms with Gasteiger partial charge in [-0.2, -0.15) is 0 Å². The van der Waals surface area contributed by atoms with Gasteiger partial charge in [-0.1, -0.05) is 51.1 Å². The Hall–Kier alpha value is -0.820. The molecule has 1 aliphatic carbocycles. The average molecular weight is 259 g/mol. The van der Waals surface area contributed by atoms with E-state index in [0.717, 1.165) is 30.2 Å². The van der Waals surface area contributed by atoms with Crippen LogP contribution in [0.15, 0.2) is 30.3 Å². The molecule has 0 saturated heterocycles. The van der Waals surface area contributed by atoms with E-state index in [1.54, 1.807) is 5.56 Å². The molecule has 0 heterocycles. The van der Waals surface area contributed by atoms with Crippen molar-refractivity contribution in [2.45, 2.75) is 46.0 Å². The first-order valence-corrected chi connectivity index (χ1v) is 7.98. The maximum atomic E-state index is 3.63. The van der Waals surface area contributed by atoms with Gasteiger partial charge in [-0.3, -0.25) is 0 Å². The molecule has 1 aliphatic rings. The molecule has 0 spiro atoms. The maximum Gasteiger partial charge on any atom is -0.00175 e. The highest BCUT2D eigenvalue weighted by atomic mass is 14.9. The van der Waals surface area contributed by atoms with Gasteiger partial charge in [-0.25, -0.2) is 0 Å². The molecule has 0 amide bonds. The lowest BCUT2D eigenvalue weighted by Gasteiger charge is -2.20. The molecule has 0 aromatic heterocycles. The van der Waals surface area contributed by atoms with Crippen molar-refractivity contribution in [1.29, 1.82) is 0 Å². The third kappa shape index (κ3) is 4.35. The second-order valence-electron chi connectivity index (χ2n) is 6.51. The predicted octanol–water partition coefficient (Wildman–Crippen LogP) is 4.45. The summed E-state index contributed by atoms with van der Waals surface area (Å²) in [7, 11) is 0. The smallest absolute Gasteiger partial charge is 0.00175 e. The van der Waals surface area contributed by atoms with Crippen LogP contribution in [0, 0.1) is 17.8 Å². The van der Waals surface area contributed by atoms with Gasteiger partial charge >= 0.3 is 0 Å². The van der Waals surface area contributed by atoms with Crippen molar-refractivity contribution < 1.29 is 0 Å². The van der Waals surface area contributed by atoms with E-state index in [0.29, 0.717) is 0 Å². The molecular formula is C18H29N. The first-order valence-electron chi connectivity index (χ1n) is 7.98. The van der Waals surface area contributed by atoms with Crippen molar-refractivity contribution in [1.82, 2.24) is 5.32 Å². The van der Waals surface area contributed by atoms with Crippen LogP contribution in [-0.2, 0) is 0 Å². The molecule has 0 bridgehead atoms. The Labute approximate surface area is 118 Å². The van der Waals surface area contributed by atoms with Crippen molar-refractivity contribution >= 4 is 0 Å². The second-order valence-corrected chi connectivity index (χ2v) is 6.51.